The van der Waals surface area contributed by atoms with E-state index in [0.29, 0.717) is 56.4 Å². The second kappa shape index (κ2) is 13.1. The van der Waals surface area contributed by atoms with E-state index in [0.717, 1.165) is 31.5 Å². The summed E-state index contributed by atoms with van der Waals surface area (Å²) < 4.78 is 16.3. The molecule has 254 valence electrons. The van der Waals surface area contributed by atoms with Gasteiger partial charge in [0.05, 0.1) is 39.4 Å². The first-order valence-corrected chi connectivity index (χ1v) is 17.6. The fourth-order valence-corrected chi connectivity index (χ4v) is 8.42. The monoisotopic (exact) mass is 709 g/mol. The number of anilines is 1. The molecule has 1 saturated carbocycles. The van der Waals surface area contributed by atoms with Crippen molar-refractivity contribution in [3.63, 3.8) is 0 Å². The highest BCUT2D eigenvalue weighted by molar-refractivity contribution is 7.18. The van der Waals surface area contributed by atoms with E-state index in [1.165, 1.54) is 15.9 Å². The minimum absolute atomic E-state index is 0.0134. The van der Waals surface area contributed by atoms with Crippen molar-refractivity contribution in [1.29, 1.82) is 5.26 Å². The Morgan fingerprint density at radius 2 is 1.98 bits per heavy atom. The highest BCUT2D eigenvalue weighted by Crippen LogP contribution is 2.40. The van der Waals surface area contributed by atoms with E-state index in [4.69, 9.17) is 11.6 Å². The number of nitrogens with zero attached hydrogens (tertiary/aromatic N) is 7. The van der Waals surface area contributed by atoms with Crippen LogP contribution >= 0.6 is 22.9 Å². The molecule has 0 unspecified atom stereocenters. The van der Waals surface area contributed by atoms with Crippen molar-refractivity contribution in [2.24, 2.45) is 0 Å². The third kappa shape index (κ3) is 6.09. The number of rotatable bonds is 6. The number of carbonyl (C=O) groups is 1. The first-order chi connectivity index (χ1) is 24.0. The molecule has 0 atom stereocenters. The first-order valence-electron chi connectivity index (χ1n) is 16.3. The number of carboxylic acid groups (broad SMARTS) is 1. The molecule has 5 aromatic rings. The Kier molecular flexibility index (Phi) is 8.81. The van der Waals surface area contributed by atoms with Gasteiger partial charge in [0.25, 0.3) is 5.56 Å². The SMILES string of the molecule is Cc1nc2cnc(N(C)C3CCN(C4CC(C)(F)C4)CC3)c(C#N)c2c(=O)n1CC#Cc1ccc(Cl)cc1-c1ccnc2c(C(=O)O)csc12. The molecule has 2 aliphatic rings. The lowest BCUT2D eigenvalue weighted by atomic mass is 9.77. The van der Waals surface area contributed by atoms with Gasteiger partial charge in [-0.15, -0.1) is 11.3 Å². The lowest BCUT2D eigenvalue weighted by molar-refractivity contribution is -0.0241. The smallest absolute Gasteiger partial charge is 0.338 e. The molecule has 0 amide bonds. The number of aryl methyl sites for hydroxylation is 1. The third-order valence-electron chi connectivity index (χ3n) is 9.92. The van der Waals surface area contributed by atoms with Crippen LogP contribution < -0.4 is 10.5 Å². The van der Waals surface area contributed by atoms with Crippen LogP contribution in [0.2, 0.25) is 5.02 Å². The van der Waals surface area contributed by atoms with Crippen molar-refractivity contribution >= 4 is 55.8 Å². The topological polar surface area (TPSA) is 128 Å². The van der Waals surface area contributed by atoms with Crippen molar-refractivity contribution in [2.75, 3.05) is 25.0 Å². The molecule has 1 saturated heterocycles. The van der Waals surface area contributed by atoms with Gasteiger partial charge in [0, 0.05) is 65.5 Å². The molecule has 13 heteroatoms. The predicted molar refractivity (Wildman–Crippen MR) is 193 cm³/mol. The van der Waals surface area contributed by atoms with E-state index in [1.807, 2.05) is 11.9 Å². The van der Waals surface area contributed by atoms with Crippen LogP contribution in [0.5, 0.6) is 0 Å². The van der Waals surface area contributed by atoms with E-state index in [2.05, 4.69) is 37.8 Å². The van der Waals surface area contributed by atoms with Gasteiger partial charge in [0.2, 0.25) is 0 Å². The minimum atomic E-state index is -1.06. The van der Waals surface area contributed by atoms with Crippen LogP contribution in [0.3, 0.4) is 0 Å². The number of hydrogen-bond donors (Lipinski definition) is 1. The normalized spacial score (nSPS) is 19.5. The summed E-state index contributed by atoms with van der Waals surface area (Å²) in [5.74, 6) is 6.10. The number of carboxylic acids is 1. The molecule has 7 rings (SSSR count). The predicted octanol–water partition coefficient (Wildman–Crippen LogP) is 6.44. The largest absolute Gasteiger partial charge is 0.478 e. The zero-order valence-corrected chi connectivity index (χ0v) is 29.3. The highest BCUT2D eigenvalue weighted by atomic mass is 35.5. The Labute approximate surface area is 296 Å². The van der Waals surface area contributed by atoms with E-state index < -0.39 is 11.6 Å². The fourth-order valence-electron chi connectivity index (χ4n) is 7.22. The van der Waals surface area contributed by atoms with Crippen LogP contribution in [0.15, 0.2) is 46.8 Å². The molecule has 5 heterocycles. The number of thiophene rings is 1. The van der Waals surface area contributed by atoms with E-state index in [9.17, 15) is 24.3 Å². The van der Waals surface area contributed by atoms with Crippen LogP contribution in [-0.4, -0.2) is 73.4 Å². The summed E-state index contributed by atoms with van der Waals surface area (Å²) in [6.45, 7) is 5.08. The maximum Gasteiger partial charge on any atom is 0.338 e. The number of fused-ring (bicyclic) bond motifs is 2. The van der Waals surface area contributed by atoms with Crippen molar-refractivity contribution < 1.29 is 14.3 Å². The van der Waals surface area contributed by atoms with Gasteiger partial charge >= 0.3 is 5.97 Å². The number of likely N-dealkylation sites (tertiary alicyclic amines) is 1. The van der Waals surface area contributed by atoms with Gasteiger partial charge in [0.1, 0.15) is 28.9 Å². The quantitative estimate of drug-likeness (QED) is 0.198. The first kappa shape index (κ1) is 33.6. The number of hydrogen-bond acceptors (Lipinski definition) is 9. The maximum absolute atomic E-state index is 14.1. The standard InChI is InChI=1S/C37H33ClFN7O3S/c1-21-43-30-19-42-34(44(3)24-9-13-45(14-10-24)25-16-37(2,39)17-25)28(18-40)31(30)35(47)46(21)12-4-5-22-6-7-23(38)15-27(22)26-8-11-41-32-29(36(48)49)20-50-33(26)32/h6-8,11,15,19-20,24-25H,9-10,12-14,16-17H2,1-3H3,(H,48,49). The van der Waals surface area contributed by atoms with Gasteiger partial charge in [-0.05, 0) is 63.8 Å². The molecule has 1 aromatic carbocycles. The Balaban J connectivity index is 1.18. The molecule has 4 aromatic heterocycles. The van der Waals surface area contributed by atoms with Crippen molar-refractivity contribution in [2.45, 2.75) is 63.8 Å². The number of piperidine rings is 1. The lowest BCUT2D eigenvalue weighted by Crippen LogP contribution is -2.55. The van der Waals surface area contributed by atoms with E-state index >= 15 is 0 Å². The van der Waals surface area contributed by atoms with Gasteiger partial charge in [-0.2, -0.15) is 5.26 Å². The van der Waals surface area contributed by atoms with Gasteiger partial charge in [-0.25, -0.2) is 19.2 Å². The molecular formula is C37H33ClFN7O3S. The molecule has 2 fully saturated rings. The Hall–Kier alpha value is -4.88. The van der Waals surface area contributed by atoms with Gasteiger partial charge in [0.15, 0.2) is 0 Å². The number of alkyl halides is 1. The Morgan fingerprint density at radius 3 is 2.68 bits per heavy atom. The average Bonchev–Trinajstić information content (AvgIpc) is 3.53. The summed E-state index contributed by atoms with van der Waals surface area (Å²) in [5.41, 5.74) is 1.70. The number of pyridine rings is 2. The van der Waals surface area contributed by atoms with Gasteiger partial charge < -0.3 is 10.0 Å². The highest BCUT2D eigenvalue weighted by Gasteiger charge is 2.44. The Morgan fingerprint density at radius 1 is 1.22 bits per heavy atom. The van der Waals surface area contributed by atoms with Crippen LogP contribution in [0.1, 0.15) is 59.9 Å². The van der Waals surface area contributed by atoms with Crippen molar-refractivity contribution in [3.05, 3.63) is 79.9 Å². The van der Waals surface area contributed by atoms with E-state index in [-0.39, 0.29) is 40.7 Å². The number of halogens is 2. The van der Waals surface area contributed by atoms with Crippen LogP contribution in [0, 0.1) is 30.1 Å². The minimum Gasteiger partial charge on any atom is -0.478 e. The molecule has 50 heavy (non-hydrogen) atoms. The lowest BCUT2D eigenvalue weighted by Gasteiger charge is -2.48. The van der Waals surface area contributed by atoms with Gasteiger partial charge in [-0.3, -0.25) is 19.2 Å². The fraction of sp³-hybridized carbons (Fsp3) is 0.351. The summed E-state index contributed by atoms with van der Waals surface area (Å²) in [6, 6.07) is 9.72. The molecule has 0 spiro atoms. The average molecular weight is 710 g/mol. The molecule has 1 aliphatic heterocycles. The molecule has 10 nitrogen and oxygen atoms in total. The number of benzene rings is 1. The van der Waals surface area contributed by atoms with Crippen LogP contribution in [0.25, 0.3) is 32.2 Å². The summed E-state index contributed by atoms with van der Waals surface area (Å²) in [6.07, 6.45) is 5.94. The van der Waals surface area contributed by atoms with Crippen LogP contribution in [-0.2, 0) is 6.54 Å². The molecule has 0 radical (unpaired) electrons. The van der Waals surface area contributed by atoms with Crippen LogP contribution in [0.4, 0.5) is 10.2 Å². The number of aromatic carboxylic acids is 1. The molecule has 1 aliphatic carbocycles. The zero-order valence-electron chi connectivity index (χ0n) is 27.7. The van der Waals surface area contributed by atoms with E-state index in [1.54, 1.807) is 55.9 Å². The molecular weight excluding hydrogens is 677 g/mol. The Bertz CT molecular complexity index is 2340. The summed E-state index contributed by atoms with van der Waals surface area (Å²) in [7, 11) is 1.90. The van der Waals surface area contributed by atoms with Gasteiger partial charge in [-0.1, -0.05) is 23.4 Å². The number of nitriles is 1. The second-order valence-electron chi connectivity index (χ2n) is 13.2. The summed E-state index contributed by atoms with van der Waals surface area (Å²) in [4.78, 5) is 43.6. The maximum atomic E-state index is 14.1. The van der Waals surface area contributed by atoms with Crippen molar-refractivity contribution in [1.82, 2.24) is 24.4 Å². The zero-order chi connectivity index (χ0) is 35.3. The second-order valence-corrected chi connectivity index (χ2v) is 14.5. The third-order valence-corrected chi connectivity index (χ3v) is 11.2. The summed E-state index contributed by atoms with van der Waals surface area (Å²) >= 11 is 7.68. The molecule has 1 N–H and O–H groups in total. The van der Waals surface area contributed by atoms with Crippen molar-refractivity contribution in [3.8, 4) is 29.0 Å². The molecule has 0 bridgehead atoms. The summed E-state index contributed by atoms with van der Waals surface area (Å²) in [5, 5.41) is 22.2. The number of aromatic nitrogens is 4.